The van der Waals surface area contributed by atoms with Gasteiger partial charge in [0.2, 0.25) is 11.8 Å². The fourth-order valence-corrected chi connectivity index (χ4v) is 6.03. The van der Waals surface area contributed by atoms with Crippen LogP contribution in [0.1, 0.15) is 18.7 Å². The van der Waals surface area contributed by atoms with Crippen LogP contribution in [0.2, 0.25) is 0 Å². The molecule has 5 amide bonds. The minimum absolute atomic E-state index is 0.0654. The lowest BCUT2D eigenvalue weighted by Gasteiger charge is -2.50. The normalized spacial score (nSPS) is 26.2. The van der Waals surface area contributed by atoms with Crippen LogP contribution in [0.3, 0.4) is 0 Å². The Morgan fingerprint density at radius 2 is 1.78 bits per heavy atom. The molecule has 0 saturated carbocycles. The number of ether oxygens (including phenoxy) is 2. The van der Waals surface area contributed by atoms with Gasteiger partial charge in [-0.15, -0.1) is 11.8 Å². The van der Waals surface area contributed by atoms with Gasteiger partial charge in [0.15, 0.2) is 0 Å². The molecule has 1 aromatic carbocycles. The molecule has 4 atom stereocenters. The largest absolute Gasteiger partial charge is 0.497 e. The van der Waals surface area contributed by atoms with Crippen LogP contribution in [0.15, 0.2) is 24.3 Å². The van der Waals surface area contributed by atoms with Crippen LogP contribution in [0, 0.1) is 5.92 Å². The molecule has 3 aliphatic rings. The Labute approximate surface area is 220 Å². The summed E-state index contributed by atoms with van der Waals surface area (Å²) in [4.78, 5) is 56.8. The van der Waals surface area contributed by atoms with E-state index in [4.69, 9.17) is 9.47 Å². The van der Waals surface area contributed by atoms with Gasteiger partial charge in [0, 0.05) is 40.3 Å². The summed E-state index contributed by atoms with van der Waals surface area (Å²) in [5, 5.41) is 6.43. The summed E-state index contributed by atoms with van der Waals surface area (Å²) in [6, 6.07) is 7.15. The second-order valence-electron chi connectivity index (χ2n) is 9.10. The number of piperazine rings is 1. The molecule has 0 aromatic heterocycles. The molecule has 0 aliphatic carbocycles. The lowest BCUT2D eigenvalue weighted by molar-refractivity contribution is -0.140. The molecule has 4 rings (SSSR count). The quantitative estimate of drug-likeness (QED) is 0.543. The number of hydrogen-bond acceptors (Lipinski definition) is 9. The maximum atomic E-state index is 13.2. The van der Waals surface area contributed by atoms with Crippen molar-refractivity contribution in [2.75, 3.05) is 59.7 Å². The third-order valence-corrected chi connectivity index (χ3v) is 8.13. The van der Waals surface area contributed by atoms with Crippen LogP contribution in [-0.2, 0) is 14.3 Å². The number of nitrogens with one attached hydrogen (secondary N) is 2. The van der Waals surface area contributed by atoms with Crippen molar-refractivity contribution in [3.63, 3.8) is 0 Å². The van der Waals surface area contributed by atoms with Crippen molar-refractivity contribution in [3.05, 3.63) is 29.8 Å². The van der Waals surface area contributed by atoms with Gasteiger partial charge in [-0.2, -0.15) is 0 Å². The molecule has 12 nitrogen and oxygen atoms in total. The molecule has 4 unspecified atom stereocenters. The molecule has 0 bridgehead atoms. The van der Waals surface area contributed by atoms with E-state index in [0.29, 0.717) is 38.5 Å². The molecule has 2 N–H and O–H groups in total. The van der Waals surface area contributed by atoms with Gasteiger partial charge >= 0.3 is 12.1 Å². The van der Waals surface area contributed by atoms with Crippen LogP contribution in [0.4, 0.5) is 9.59 Å². The molecular weight excluding hydrogens is 500 g/mol. The van der Waals surface area contributed by atoms with Gasteiger partial charge in [0.1, 0.15) is 5.75 Å². The number of rotatable bonds is 6. The van der Waals surface area contributed by atoms with Crippen molar-refractivity contribution in [2.45, 2.75) is 24.6 Å². The Kier molecular flexibility index (Phi) is 8.45. The predicted molar refractivity (Wildman–Crippen MR) is 137 cm³/mol. The number of urea groups is 1. The van der Waals surface area contributed by atoms with E-state index in [-0.39, 0.29) is 35.9 Å². The zero-order valence-corrected chi connectivity index (χ0v) is 22.3. The zero-order valence-electron chi connectivity index (χ0n) is 21.5. The minimum atomic E-state index is -0.590. The van der Waals surface area contributed by atoms with Crippen LogP contribution < -0.4 is 15.4 Å². The molecule has 13 heteroatoms. The second-order valence-corrected chi connectivity index (χ2v) is 10.2. The summed E-state index contributed by atoms with van der Waals surface area (Å²) in [6.07, 6.45) is -1.28. The van der Waals surface area contributed by atoms with E-state index in [2.05, 4.69) is 10.6 Å². The average Bonchev–Trinajstić information content (AvgIpc) is 2.93. The predicted octanol–water partition coefficient (Wildman–Crippen LogP) is 0.713. The van der Waals surface area contributed by atoms with E-state index in [1.165, 1.54) is 23.7 Å². The first-order valence-electron chi connectivity index (χ1n) is 12.3. The SMILES string of the molecule is CCOC(=O)N1CCN(C(=O)CSC2NC(c3cccc(OC)c3)NC3C2C(=O)N(C)C(=O)N3C)CC1. The number of carbonyl (C=O) groups excluding carboxylic acids is 4. The number of carbonyl (C=O) groups is 4. The van der Waals surface area contributed by atoms with Gasteiger partial charge in [-0.25, -0.2) is 9.59 Å². The van der Waals surface area contributed by atoms with Crippen molar-refractivity contribution < 1.29 is 28.7 Å². The maximum Gasteiger partial charge on any atom is 0.409 e. The van der Waals surface area contributed by atoms with E-state index in [1.807, 2.05) is 24.3 Å². The lowest BCUT2D eigenvalue weighted by atomic mass is 9.96. The summed E-state index contributed by atoms with van der Waals surface area (Å²) >= 11 is 1.35. The summed E-state index contributed by atoms with van der Waals surface area (Å²) in [5.74, 6) is -0.115. The number of methoxy groups -OCH3 is 1. The van der Waals surface area contributed by atoms with E-state index >= 15 is 0 Å². The van der Waals surface area contributed by atoms with E-state index in [1.54, 1.807) is 30.9 Å². The summed E-state index contributed by atoms with van der Waals surface area (Å²) in [7, 11) is 4.73. The first-order chi connectivity index (χ1) is 17.7. The highest BCUT2D eigenvalue weighted by molar-refractivity contribution is 8.00. The number of thioether (sulfide) groups is 1. The summed E-state index contributed by atoms with van der Waals surface area (Å²) in [6.45, 7) is 3.75. The van der Waals surface area contributed by atoms with Gasteiger partial charge in [-0.3, -0.25) is 25.1 Å². The molecule has 0 radical (unpaired) electrons. The zero-order chi connectivity index (χ0) is 26.7. The van der Waals surface area contributed by atoms with Gasteiger partial charge in [0.25, 0.3) is 0 Å². The Morgan fingerprint density at radius 3 is 2.46 bits per heavy atom. The van der Waals surface area contributed by atoms with Gasteiger partial charge in [0.05, 0.1) is 43.1 Å². The number of fused-ring (bicyclic) bond motifs is 1. The summed E-state index contributed by atoms with van der Waals surface area (Å²) < 4.78 is 10.4. The first-order valence-corrected chi connectivity index (χ1v) is 13.3. The minimum Gasteiger partial charge on any atom is -0.497 e. The van der Waals surface area contributed by atoms with E-state index < -0.39 is 17.5 Å². The third kappa shape index (κ3) is 5.63. The standard InChI is InChI=1S/C24H34N6O6S/c1-5-36-24(34)30-11-9-29(10-12-30)17(31)14-37-21-18-20(27(2)23(33)28(3)22(18)32)25-19(26-21)15-7-6-8-16(13-15)35-4/h6-8,13,18-21,25-26H,5,9-12,14H2,1-4H3. The highest BCUT2D eigenvalue weighted by Crippen LogP contribution is 2.35. The third-order valence-electron chi connectivity index (χ3n) is 6.93. The molecule has 3 aliphatic heterocycles. The Morgan fingerprint density at radius 1 is 1.08 bits per heavy atom. The summed E-state index contributed by atoms with van der Waals surface area (Å²) in [5.41, 5.74) is 0.886. The van der Waals surface area contributed by atoms with Crippen molar-refractivity contribution in [3.8, 4) is 5.75 Å². The number of hydrogen-bond donors (Lipinski definition) is 2. The Bertz CT molecular complexity index is 1030. The van der Waals surface area contributed by atoms with Crippen LogP contribution >= 0.6 is 11.8 Å². The Balaban J connectivity index is 1.46. The maximum absolute atomic E-state index is 13.2. The second kappa shape index (κ2) is 11.6. The topological polar surface area (TPSA) is 124 Å². The fourth-order valence-electron chi connectivity index (χ4n) is 4.82. The average molecular weight is 535 g/mol. The smallest absolute Gasteiger partial charge is 0.409 e. The number of amides is 5. The van der Waals surface area contributed by atoms with Crippen LogP contribution in [-0.4, -0.2) is 115 Å². The number of nitrogens with zero attached hydrogens (tertiary/aromatic N) is 4. The number of imide groups is 1. The molecule has 202 valence electrons. The molecular formula is C24H34N6O6S. The van der Waals surface area contributed by atoms with Crippen molar-refractivity contribution in [1.29, 1.82) is 0 Å². The van der Waals surface area contributed by atoms with Crippen molar-refractivity contribution in [1.82, 2.24) is 30.2 Å². The van der Waals surface area contributed by atoms with Crippen molar-refractivity contribution in [2.24, 2.45) is 5.92 Å². The number of benzene rings is 1. The molecule has 3 fully saturated rings. The highest BCUT2D eigenvalue weighted by atomic mass is 32.2. The molecule has 1 aromatic rings. The van der Waals surface area contributed by atoms with Gasteiger partial charge < -0.3 is 24.2 Å². The monoisotopic (exact) mass is 534 g/mol. The Hall–Kier alpha value is -3.03. The van der Waals surface area contributed by atoms with Gasteiger partial charge in [-0.05, 0) is 24.6 Å². The molecule has 37 heavy (non-hydrogen) atoms. The van der Waals surface area contributed by atoms with E-state index in [0.717, 1.165) is 10.5 Å². The molecule has 0 spiro atoms. The molecule has 3 saturated heterocycles. The van der Waals surface area contributed by atoms with Gasteiger partial charge in [-0.1, -0.05) is 12.1 Å². The fraction of sp³-hybridized carbons (Fsp3) is 0.583. The first kappa shape index (κ1) is 27.0. The van der Waals surface area contributed by atoms with Crippen molar-refractivity contribution >= 4 is 35.7 Å². The van der Waals surface area contributed by atoms with Crippen LogP contribution in [0.25, 0.3) is 0 Å². The van der Waals surface area contributed by atoms with E-state index in [9.17, 15) is 19.2 Å². The lowest BCUT2D eigenvalue weighted by Crippen LogP contribution is -2.72. The van der Waals surface area contributed by atoms with Crippen LogP contribution in [0.5, 0.6) is 5.75 Å². The highest BCUT2D eigenvalue weighted by Gasteiger charge is 2.51. The molecule has 3 heterocycles.